The monoisotopic (exact) mass is 381 g/mol. The zero-order chi connectivity index (χ0) is 15.4. The third kappa shape index (κ3) is 5.46. The Morgan fingerprint density at radius 1 is 1.08 bits per heavy atom. The fraction of sp³-hybridized carbons (Fsp3) is 0.941. The Morgan fingerprint density at radius 2 is 1.67 bits per heavy atom. The summed E-state index contributed by atoms with van der Waals surface area (Å²) < 4.78 is 5.49. The average Bonchev–Trinajstić information content (AvgIpc) is 3.00. The second-order valence-electron chi connectivity index (χ2n) is 7.39. The van der Waals surface area contributed by atoms with E-state index in [9.17, 15) is 4.79 Å². The molecule has 142 valence electrons. The summed E-state index contributed by atoms with van der Waals surface area (Å²) in [7, 11) is 0. The predicted octanol–water partition coefficient (Wildman–Crippen LogP) is 2.25. The zero-order valence-corrected chi connectivity index (χ0v) is 16.1. The predicted molar refractivity (Wildman–Crippen MR) is 101 cm³/mol. The summed E-state index contributed by atoms with van der Waals surface area (Å²) in [5.41, 5.74) is 6.04. The van der Waals surface area contributed by atoms with Crippen LogP contribution in [0.4, 0.5) is 0 Å². The molecule has 3 N–H and O–H groups in total. The van der Waals surface area contributed by atoms with Gasteiger partial charge >= 0.3 is 0 Å². The first-order valence-electron chi connectivity index (χ1n) is 9.06. The van der Waals surface area contributed by atoms with Crippen molar-refractivity contribution in [3.05, 3.63) is 0 Å². The highest BCUT2D eigenvalue weighted by Crippen LogP contribution is 2.38. The van der Waals surface area contributed by atoms with Crippen LogP contribution < -0.4 is 11.1 Å². The Morgan fingerprint density at radius 3 is 2.25 bits per heavy atom. The molecule has 1 aliphatic heterocycles. The van der Waals surface area contributed by atoms with Crippen molar-refractivity contribution in [2.24, 2.45) is 5.73 Å². The SMILES string of the molecule is Cl.Cl.NC1CCC(NC(=O)CC2(N3CCOCC3)CCCC2)CC1. The molecule has 0 aromatic heterocycles. The van der Waals surface area contributed by atoms with Crippen molar-refractivity contribution >= 4 is 30.7 Å². The van der Waals surface area contributed by atoms with Crippen LogP contribution in [0.25, 0.3) is 0 Å². The molecule has 0 bridgehead atoms. The molecule has 0 spiro atoms. The second kappa shape index (κ2) is 10.2. The molecule has 24 heavy (non-hydrogen) atoms. The Hall–Kier alpha value is -0.0700. The lowest BCUT2D eigenvalue weighted by molar-refractivity contribution is -0.126. The molecule has 0 unspecified atom stereocenters. The largest absolute Gasteiger partial charge is 0.379 e. The standard InChI is InChI=1S/C17H31N3O2.2ClH/c18-14-3-5-15(6-4-14)19-16(21)13-17(7-1-2-8-17)20-9-11-22-12-10-20;;/h14-15H,1-13,18H2,(H,19,21);2*1H. The van der Waals surface area contributed by atoms with Gasteiger partial charge in [-0.1, -0.05) is 12.8 Å². The van der Waals surface area contributed by atoms with E-state index < -0.39 is 0 Å². The Balaban J connectivity index is 0.00000144. The quantitative estimate of drug-likeness (QED) is 0.783. The molecule has 3 aliphatic rings. The molecule has 1 heterocycles. The van der Waals surface area contributed by atoms with E-state index in [2.05, 4.69) is 10.2 Å². The van der Waals surface area contributed by atoms with Crippen molar-refractivity contribution in [2.45, 2.75) is 75.4 Å². The number of hydrogen-bond donors (Lipinski definition) is 2. The summed E-state index contributed by atoms with van der Waals surface area (Å²) in [4.78, 5) is 15.1. The van der Waals surface area contributed by atoms with E-state index in [1.165, 1.54) is 12.8 Å². The van der Waals surface area contributed by atoms with Crippen LogP contribution in [0.3, 0.4) is 0 Å². The molecule has 3 rings (SSSR count). The first kappa shape index (κ1) is 22.0. The molecule has 0 atom stereocenters. The normalized spacial score (nSPS) is 30.0. The zero-order valence-electron chi connectivity index (χ0n) is 14.5. The highest BCUT2D eigenvalue weighted by atomic mass is 35.5. The van der Waals surface area contributed by atoms with Crippen molar-refractivity contribution in [1.29, 1.82) is 0 Å². The number of morpholine rings is 1. The molecule has 0 aromatic carbocycles. The summed E-state index contributed by atoms with van der Waals surface area (Å²) in [6, 6.07) is 0.679. The van der Waals surface area contributed by atoms with Gasteiger partial charge in [-0.2, -0.15) is 0 Å². The van der Waals surface area contributed by atoms with Crippen LogP contribution in [0.1, 0.15) is 57.8 Å². The third-order valence-corrected chi connectivity index (χ3v) is 5.84. The minimum atomic E-state index is 0. The lowest BCUT2D eigenvalue weighted by Crippen LogP contribution is -2.54. The van der Waals surface area contributed by atoms with Crippen LogP contribution in [-0.4, -0.2) is 54.7 Å². The molecule has 7 heteroatoms. The molecular weight excluding hydrogens is 349 g/mol. The maximum atomic E-state index is 12.6. The van der Waals surface area contributed by atoms with Gasteiger partial charge in [0.15, 0.2) is 0 Å². The summed E-state index contributed by atoms with van der Waals surface area (Å²) >= 11 is 0. The van der Waals surface area contributed by atoms with Crippen molar-refractivity contribution in [3.63, 3.8) is 0 Å². The second-order valence-corrected chi connectivity index (χ2v) is 7.39. The maximum Gasteiger partial charge on any atom is 0.222 e. The first-order chi connectivity index (χ1) is 10.7. The van der Waals surface area contributed by atoms with Crippen molar-refractivity contribution < 1.29 is 9.53 Å². The number of nitrogens with one attached hydrogen (secondary N) is 1. The van der Waals surface area contributed by atoms with E-state index in [0.29, 0.717) is 18.5 Å². The number of rotatable bonds is 4. The molecule has 1 amide bonds. The van der Waals surface area contributed by atoms with E-state index in [-0.39, 0.29) is 36.3 Å². The molecule has 2 aliphatic carbocycles. The van der Waals surface area contributed by atoms with E-state index in [0.717, 1.165) is 64.8 Å². The lowest BCUT2D eigenvalue weighted by atomic mass is 9.88. The van der Waals surface area contributed by atoms with Crippen LogP contribution in [-0.2, 0) is 9.53 Å². The van der Waals surface area contributed by atoms with Gasteiger partial charge in [-0.3, -0.25) is 9.69 Å². The van der Waals surface area contributed by atoms with Crippen molar-refractivity contribution in [2.75, 3.05) is 26.3 Å². The Kier molecular flexibility index (Phi) is 9.31. The minimum absolute atomic E-state index is 0. The summed E-state index contributed by atoms with van der Waals surface area (Å²) in [6.07, 6.45) is 9.65. The minimum Gasteiger partial charge on any atom is -0.379 e. The number of carbonyl (C=O) groups excluding carboxylic acids is 1. The molecule has 0 radical (unpaired) electrons. The maximum absolute atomic E-state index is 12.6. The van der Waals surface area contributed by atoms with E-state index >= 15 is 0 Å². The van der Waals surface area contributed by atoms with Crippen LogP contribution >= 0.6 is 24.8 Å². The Bertz CT molecular complexity index is 378. The van der Waals surface area contributed by atoms with Crippen LogP contribution in [0.15, 0.2) is 0 Å². The van der Waals surface area contributed by atoms with Gasteiger partial charge in [0, 0.05) is 37.1 Å². The third-order valence-electron chi connectivity index (χ3n) is 5.84. The van der Waals surface area contributed by atoms with Gasteiger partial charge in [0.2, 0.25) is 5.91 Å². The van der Waals surface area contributed by atoms with Gasteiger partial charge in [0.25, 0.3) is 0 Å². The van der Waals surface area contributed by atoms with Crippen LogP contribution in [0.5, 0.6) is 0 Å². The molecule has 2 saturated carbocycles. The summed E-state index contributed by atoms with van der Waals surface area (Å²) in [5, 5.41) is 3.28. The van der Waals surface area contributed by atoms with Gasteiger partial charge in [0.1, 0.15) is 0 Å². The van der Waals surface area contributed by atoms with Crippen LogP contribution in [0, 0.1) is 0 Å². The van der Waals surface area contributed by atoms with E-state index in [1.807, 2.05) is 0 Å². The van der Waals surface area contributed by atoms with Crippen molar-refractivity contribution in [1.82, 2.24) is 10.2 Å². The van der Waals surface area contributed by atoms with E-state index in [4.69, 9.17) is 10.5 Å². The van der Waals surface area contributed by atoms with Gasteiger partial charge in [0.05, 0.1) is 13.2 Å². The lowest BCUT2D eigenvalue weighted by Gasteiger charge is -2.43. The number of nitrogens with two attached hydrogens (primary N) is 1. The smallest absolute Gasteiger partial charge is 0.222 e. The fourth-order valence-electron chi connectivity index (χ4n) is 4.52. The van der Waals surface area contributed by atoms with Crippen LogP contribution in [0.2, 0.25) is 0 Å². The summed E-state index contributed by atoms with van der Waals surface area (Å²) in [6.45, 7) is 3.57. The van der Waals surface area contributed by atoms with E-state index in [1.54, 1.807) is 0 Å². The van der Waals surface area contributed by atoms with Gasteiger partial charge < -0.3 is 15.8 Å². The Labute approximate surface area is 158 Å². The fourth-order valence-corrected chi connectivity index (χ4v) is 4.52. The molecule has 1 saturated heterocycles. The highest BCUT2D eigenvalue weighted by molar-refractivity contribution is 5.85. The topological polar surface area (TPSA) is 67.6 Å². The highest BCUT2D eigenvalue weighted by Gasteiger charge is 2.41. The number of ether oxygens (including phenoxy) is 1. The van der Waals surface area contributed by atoms with Gasteiger partial charge in [-0.05, 0) is 38.5 Å². The van der Waals surface area contributed by atoms with Crippen molar-refractivity contribution in [3.8, 4) is 0 Å². The molecular formula is C17H33Cl2N3O2. The number of carbonyl (C=O) groups is 1. The number of nitrogens with zero attached hydrogens (tertiary/aromatic N) is 1. The molecule has 3 fully saturated rings. The number of amides is 1. The molecule has 5 nitrogen and oxygen atoms in total. The summed E-state index contributed by atoms with van der Waals surface area (Å²) in [5.74, 6) is 0.244. The first-order valence-corrected chi connectivity index (χ1v) is 9.06. The number of halogens is 2. The van der Waals surface area contributed by atoms with Gasteiger partial charge in [-0.15, -0.1) is 24.8 Å². The average molecular weight is 382 g/mol. The molecule has 0 aromatic rings. The number of hydrogen-bond acceptors (Lipinski definition) is 4. The van der Waals surface area contributed by atoms with Gasteiger partial charge in [-0.25, -0.2) is 0 Å².